The number of hydrogen-bond donors (Lipinski definition) is 3. The van der Waals surface area contributed by atoms with E-state index in [0.29, 0.717) is 13.0 Å². The Bertz CT molecular complexity index is 552. The number of hydrogen-bond acceptors (Lipinski definition) is 4. The van der Waals surface area contributed by atoms with Crippen LogP contribution in [0.3, 0.4) is 0 Å². The van der Waals surface area contributed by atoms with E-state index in [1.807, 2.05) is 30.5 Å². The smallest absolute Gasteiger partial charge is 0.237 e. The molecule has 1 aliphatic rings. The molecule has 0 saturated heterocycles. The standard InChI is InChI=1S/C17H25N3O2S.ClH/c1-23-9-8-15(18)17(22)19-11-12-4-2-7-14(10-12)20-16(21)13-5-3-6-13;/h2,4,7,10,13,15H,3,5-6,8-9,11,18H2,1H3,(H,19,22)(H,20,21);1H/t15-;/m0./s1. The van der Waals surface area contributed by atoms with Gasteiger partial charge in [0.25, 0.3) is 0 Å². The highest BCUT2D eigenvalue weighted by Gasteiger charge is 2.25. The highest BCUT2D eigenvalue weighted by Crippen LogP contribution is 2.27. The number of halogens is 1. The van der Waals surface area contributed by atoms with Crippen LogP contribution in [0, 0.1) is 5.92 Å². The number of benzene rings is 1. The lowest BCUT2D eigenvalue weighted by atomic mass is 9.85. The summed E-state index contributed by atoms with van der Waals surface area (Å²) < 4.78 is 0. The zero-order chi connectivity index (χ0) is 16.7. The largest absolute Gasteiger partial charge is 0.351 e. The Hall–Kier alpha value is -1.24. The molecule has 1 fully saturated rings. The monoisotopic (exact) mass is 371 g/mol. The quantitative estimate of drug-likeness (QED) is 0.655. The SMILES string of the molecule is CSCC[C@H](N)C(=O)NCc1cccc(NC(=O)C2CCC2)c1.Cl. The molecule has 1 aromatic rings. The van der Waals surface area contributed by atoms with Crippen molar-refractivity contribution in [1.82, 2.24) is 5.32 Å². The minimum atomic E-state index is -0.469. The van der Waals surface area contributed by atoms with Crippen LogP contribution in [-0.4, -0.2) is 29.9 Å². The molecule has 2 rings (SSSR count). The van der Waals surface area contributed by atoms with Gasteiger partial charge < -0.3 is 16.4 Å². The third kappa shape index (κ3) is 6.34. The summed E-state index contributed by atoms with van der Waals surface area (Å²) in [5.41, 5.74) is 7.56. The van der Waals surface area contributed by atoms with Crippen molar-refractivity contribution in [1.29, 1.82) is 0 Å². The third-order valence-electron chi connectivity index (χ3n) is 4.11. The lowest BCUT2D eigenvalue weighted by Gasteiger charge is -2.24. The fourth-order valence-electron chi connectivity index (χ4n) is 2.37. The second-order valence-corrected chi connectivity index (χ2v) is 6.91. The summed E-state index contributed by atoms with van der Waals surface area (Å²) >= 11 is 1.68. The van der Waals surface area contributed by atoms with Gasteiger partial charge in [0.1, 0.15) is 0 Å². The molecule has 0 aromatic heterocycles. The van der Waals surface area contributed by atoms with Gasteiger partial charge in [-0.05, 0) is 49.0 Å². The van der Waals surface area contributed by atoms with E-state index in [1.165, 1.54) is 0 Å². The fourth-order valence-corrected chi connectivity index (χ4v) is 2.86. The molecule has 0 spiro atoms. The second kappa shape index (κ2) is 10.6. The van der Waals surface area contributed by atoms with Gasteiger partial charge in [-0.3, -0.25) is 9.59 Å². The molecule has 0 radical (unpaired) electrons. The summed E-state index contributed by atoms with van der Waals surface area (Å²) in [5, 5.41) is 5.79. The van der Waals surface area contributed by atoms with Crippen LogP contribution in [0.5, 0.6) is 0 Å². The zero-order valence-corrected chi connectivity index (χ0v) is 15.6. The predicted octanol–water partition coefficient (Wildman–Crippen LogP) is 2.54. The van der Waals surface area contributed by atoms with Gasteiger partial charge in [0, 0.05) is 18.2 Å². The van der Waals surface area contributed by atoms with Gasteiger partial charge in [-0.2, -0.15) is 11.8 Å². The number of thioether (sulfide) groups is 1. The summed E-state index contributed by atoms with van der Waals surface area (Å²) in [6.07, 6.45) is 5.77. The first-order valence-corrected chi connectivity index (χ1v) is 9.41. The van der Waals surface area contributed by atoms with Crippen LogP contribution >= 0.6 is 24.2 Å². The molecule has 1 saturated carbocycles. The Morgan fingerprint density at radius 2 is 2.12 bits per heavy atom. The molecular weight excluding hydrogens is 346 g/mol. The number of anilines is 1. The molecule has 4 N–H and O–H groups in total. The van der Waals surface area contributed by atoms with Crippen molar-refractivity contribution in [3.63, 3.8) is 0 Å². The lowest BCUT2D eigenvalue weighted by molar-refractivity contribution is -0.123. The topological polar surface area (TPSA) is 84.2 Å². The molecule has 0 heterocycles. The van der Waals surface area contributed by atoms with Crippen molar-refractivity contribution in [3.8, 4) is 0 Å². The first kappa shape index (κ1) is 20.8. The summed E-state index contributed by atoms with van der Waals surface area (Å²) in [4.78, 5) is 23.9. The zero-order valence-electron chi connectivity index (χ0n) is 13.9. The van der Waals surface area contributed by atoms with Gasteiger partial charge in [0.15, 0.2) is 0 Å². The Balaban J connectivity index is 0.00000288. The maximum atomic E-state index is 12.0. The summed E-state index contributed by atoms with van der Waals surface area (Å²) in [6.45, 7) is 0.416. The van der Waals surface area contributed by atoms with E-state index in [-0.39, 0.29) is 30.1 Å². The Kier molecular flexibility index (Phi) is 9.18. The number of carbonyl (C=O) groups excluding carboxylic acids is 2. The van der Waals surface area contributed by atoms with Crippen LogP contribution in [-0.2, 0) is 16.1 Å². The number of amides is 2. The maximum absolute atomic E-state index is 12.0. The van der Waals surface area contributed by atoms with Gasteiger partial charge >= 0.3 is 0 Å². The van der Waals surface area contributed by atoms with E-state index >= 15 is 0 Å². The molecule has 7 heteroatoms. The number of carbonyl (C=O) groups is 2. The van der Waals surface area contributed by atoms with Gasteiger partial charge in [-0.15, -0.1) is 12.4 Å². The van der Waals surface area contributed by atoms with Crippen molar-refractivity contribution in [2.75, 3.05) is 17.3 Å². The molecule has 2 amide bonds. The van der Waals surface area contributed by atoms with Gasteiger partial charge in [0.2, 0.25) is 11.8 Å². The van der Waals surface area contributed by atoms with Gasteiger partial charge in [-0.25, -0.2) is 0 Å². The maximum Gasteiger partial charge on any atom is 0.237 e. The van der Waals surface area contributed by atoms with E-state index in [9.17, 15) is 9.59 Å². The second-order valence-electron chi connectivity index (χ2n) is 5.92. The summed E-state index contributed by atoms with van der Waals surface area (Å²) in [5.74, 6) is 0.990. The van der Waals surface area contributed by atoms with Crippen LogP contribution in [0.15, 0.2) is 24.3 Å². The summed E-state index contributed by atoms with van der Waals surface area (Å²) in [7, 11) is 0. The Morgan fingerprint density at radius 3 is 2.75 bits per heavy atom. The molecular formula is C17H26ClN3O2S. The Morgan fingerprint density at radius 1 is 1.38 bits per heavy atom. The third-order valence-corrected chi connectivity index (χ3v) is 4.75. The van der Waals surface area contributed by atoms with Gasteiger partial charge in [-0.1, -0.05) is 18.6 Å². The van der Waals surface area contributed by atoms with Crippen LogP contribution in [0.2, 0.25) is 0 Å². The molecule has 0 unspecified atom stereocenters. The molecule has 134 valence electrons. The first-order valence-electron chi connectivity index (χ1n) is 8.02. The predicted molar refractivity (Wildman–Crippen MR) is 102 cm³/mol. The average molecular weight is 372 g/mol. The number of nitrogens with two attached hydrogens (primary N) is 1. The first-order chi connectivity index (χ1) is 11.1. The molecule has 1 atom stereocenters. The van der Waals surface area contributed by atoms with Crippen molar-refractivity contribution < 1.29 is 9.59 Å². The van der Waals surface area contributed by atoms with Crippen molar-refractivity contribution >= 4 is 41.7 Å². The molecule has 1 aromatic carbocycles. The molecule has 0 aliphatic heterocycles. The normalized spacial score (nSPS) is 14.9. The molecule has 0 bridgehead atoms. The minimum absolute atomic E-state index is 0. The minimum Gasteiger partial charge on any atom is -0.351 e. The van der Waals surface area contributed by atoms with E-state index < -0.39 is 6.04 Å². The van der Waals surface area contributed by atoms with E-state index in [2.05, 4.69) is 10.6 Å². The van der Waals surface area contributed by atoms with Crippen LogP contribution in [0.1, 0.15) is 31.2 Å². The van der Waals surface area contributed by atoms with Crippen LogP contribution in [0.25, 0.3) is 0 Å². The number of rotatable bonds is 8. The van der Waals surface area contributed by atoms with Crippen molar-refractivity contribution in [2.45, 2.75) is 38.3 Å². The Labute approximate surface area is 153 Å². The van der Waals surface area contributed by atoms with Crippen molar-refractivity contribution in [3.05, 3.63) is 29.8 Å². The lowest BCUT2D eigenvalue weighted by Crippen LogP contribution is -2.40. The van der Waals surface area contributed by atoms with Gasteiger partial charge in [0.05, 0.1) is 6.04 Å². The van der Waals surface area contributed by atoms with E-state index in [4.69, 9.17) is 5.73 Å². The van der Waals surface area contributed by atoms with Crippen LogP contribution < -0.4 is 16.4 Å². The molecule has 1 aliphatic carbocycles. The molecule has 5 nitrogen and oxygen atoms in total. The van der Waals surface area contributed by atoms with Crippen molar-refractivity contribution in [2.24, 2.45) is 11.7 Å². The van der Waals surface area contributed by atoms with E-state index in [0.717, 1.165) is 36.3 Å². The summed E-state index contributed by atoms with van der Waals surface area (Å²) in [6, 6.07) is 7.10. The fraction of sp³-hybridized carbons (Fsp3) is 0.529. The number of nitrogens with one attached hydrogen (secondary N) is 2. The van der Waals surface area contributed by atoms with Crippen LogP contribution in [0.4, 0.5) is 5.69 Å². The van der Waals surface area contributed by atoms with E-state index in [1.54, 1.807) is 11.8 Å². The highest BCUT2D eigenvalue weighted by atomic mass is 35.5. The average Bonchev–Trinajstić information content (AvgIpc) is 2.48. The highest BCUT2D eigenvalue weighted by molar-refractivity contribution is 7.98. The molecule has 24 heavy (non-hydrogen) atoms.